The average molecular weight is 355 g/mol. The molecular weight excluding hydrogens is 332 g/mol. The Hall–Kier alpha value is -0.590. The molecule has 4 nitrogen and oxygen atoms in total. The third-order valence-electron chi connectivity index (χ3n) is 4.28. The van der Waals surface area contributed by atoms with Gasteiger partial charge in [-0.05, 0) is 32.2 Å². The molecule has 0 radical (unpaired) electrons. The second-order valence-electron chi connectivity index (χ2n) is 5.97. The van der Waals surface area contributed by atoms with Gasteiger partial charge < -0.3 is 18.0 Å². The normalized spacial score (nSPS) is 17.3. The molecule has 0 atom stereocenters. The Bertz CT molecular complexity index is 742. The van der Waals surface area contributed by atoms with E-state index in [1.807, 2.05) is 0 Å². The van der Waals surface area contributed by atoms with E-state index in [9.17, 15) is 0 Å². The fourth-order valence-electron chi connectivity index (χ4n) is 3.01. The number of rotatable bonds is 0. The van der Waals surface area contributed by atoms with Crippen LogP contribution in [0, 0.1) is 6.92 Å². The molecule has 0 aliphatic carbocycles. The van der Waals surface area contributed by atoms with Crippen LogP contribution < -0.4 is 5.32 Å². The number of fused-ring (bicyclic) bond motifs is 2. The van der Waals surface area contributed by atoms with Crippen molar-refractivity contribution < 1.29 is 2.85 Å². The van der Waals surface area contributed by atoms with Gasteiger partial charge in [0.25, 0.3) is 0 Å². The molecule has 2 aromatic rings. The summed E-state index contributed by atoms with van der Waals surface area (Å²) in [5, 5.41) is 4.78. The number of nitrogens with zero attached hydrogens (tertiary/aromatic N) is 3. The van der Waals surface area contributed by atoms with E-state index in [1.165, 1.54) is 15.4 Å². The summed E-state index contributed by atoms with van der Waals surface area (Å²) in [6.45, 7) is 6.41. The SMILES string of the molecule is Cc1cc2c(s1)Nc1ccccc1N=C2N1CCN(C)CC1.[Ca+2].[H-].[H-]. The van der Waals surface area contributed by atoms with E-state index in [0.29, 0.717) is 0 Å². The standard InChI is InChI=1S/C17H20N4S.Ca.2H/c1-12-11-13-16(21-9-7-20(2)8-10-21)18-14-5-3-4-6-15(14)19-17(13)22-12;;;/h3-6,11,19H,7-10H2,1-2H3;;;/q;+2;2*-1. The Morgan fingerprint density at radius 3 is 2.70 bits per heavy atom. The molecule has 0 spiro atoms. The van der Waals surface area contributed by atoms with E-state index < -0.39 is 0 Å². The fraction of sp³-hybridized carbons (Fsp3) is 0.353. The molecule has 1 fully saturated rings. The number of nitrogens with one attached hydrogen (secondary N) is 1. The maximum atomic E-state index is 5.01. The molecule has 4 rings (SSSR count). The predicted octanol–water partition coefficient (Wildman–Crippen LogP) is 3.28. The van der Waals surface area contributed by atoms with Crippen LogP contribution in [0.4, 0.5) is 16.4 Å². The van der Waals surface area contributed by atoms with Crippen LogP contribution in [-0.4, -0.2) is 86.6 Å². The molecule has 3 heterocycles. The maximum Gasteiger partial charge on any atom is 2.00 e. The summed E-state index contributed by atoms with van der Waals surface area (Å²) >= 11 is 1.81. The first kappa shape index (κ1) is 17.2. The van der Waals surface area contributed by atoms with Gasteiger partial charge in [-0.25, -0.2) is 4.99 Å². The van der Waals surface area contributed by atoms with Crippen molar-refractivity contribution in [1.29, 1.82) is 0 Å². The zero-order chi connectivity index (χ0) is 15.1. The summed E-state index contributed by atoms with van der Waals surface area (Å²) in [5.41, 5.74) is 3.36. The van der Waals surface area contributed by atoms with Crippen LogP contribution in [0.15, 0.2) is 35.3 Å². The van der Waals surface area contributed by atoms with Crippen molar-refractivity contribution in [2.45, 2.75) is 6.92 Å². The molecule has 2 aliphatic rings. The van der Waals surface area contributed by atoms with Gasteiger partial charge in [0.2, 0.25) is 0 Å². The summed E-state index contributed by atoms with van der Waals surface area (Å²) in [6.07, 6.45) is 0. The summed E-state index contributed by atoms with van der Waals surface area (Å²) < 4.78 is 0. The number of thiophene rings is 1. The van der Waals surface area contributed by atoms with Gasteiger partial charge >= 0.3 is 37.7 Å². The van der Waals surface area contributed by atoms with Crippen molar-refractivity contribution in [1.82, 2.24) is 9.80 Å². The number of likely N-dealkylation sites (N-methyl/N-ethyl adjacent to an activating group) is 1. The van der Waals surface area contributed by atoms with Crippen LogP contribution >= 0.6 is 11.3 Å². The van der Waals surface area contributed by atoms with Crippen LogP contribution in [0.5, 0.6) is 0 Å². The number of anilines is 2. The second-order valence-corrected chi connectivity index (χ2v) is 7.22. The molecule has 0 amide bonds. The molecule has 6 heteroatoms. The molecular formula is C17H22CaN4S. The van der Waals surface area contributed by atoms with Gasteiger partial charge in [0, 0.05) is 31.1 Å². The van der Waals surface area contributed by atoms with Gasteiger partial charge in [0.05, 0.1) is 16.9 Å². The van der Waals surface area contributed by atoms with Crippen molar-refractivity contribution in [3.8, 4) is 0 Å². The number of aryl methyl sites for hydroxylation is 1. The van der Waals surface area contributed by atoms with Gasteiger partial charge in [-0.1, -0.05) is 12.1 Å². The quantitative estimate of drug-likeness (QED) is 0.737. The van der Waals surface area contributed by atoms with Gasteiger partial charge in [0.15, 0.2) is 0 Å². The Labute approximate surface area is 174 Å². The number of hydrogen-bond donors (Lipinski definition) is 1. The number of aliphatic imine (C=N–C) groups is 1. The van der Waals surface area contributed by atoms with E-state index in [1.54, 1.807) is 11.3 Å². The van der Waals surface area contributed by atoms with Crippen molar-refractivity contribution >= 4 is 71.3 Å². The van der Waals surface area contributed by atoms with E-state index in [0.717, 1.165) is 43.4 Å². The maximum absolute atomic E-state index is 5.01. The zero-order valence-electron chi connectivity index (χ0n) is 15.7. The summed E-state index contributed by atoms with van der Waals surface area (Å²) in [6, 6.07) is 10.6. The molecule has 0 bridgehead atoms. The first-order valence-corrected chi connectivity index (χ1v) is 8.51. The smallest absolute Gasteiger partial charge is 1.00 e. The molecule has 1 saturated heterocycles. The molecule has 1 aromatic carbocycles. The summed E-state index contributed by atoms with van der Waals surface area (Å²) in [5.74, 6) is 1.12. The molecule has 0 saturated carbocycles. The third kappa shape index (κ3) is 3.44. The van der Waals surface area contributed by atoms with Crippen LogP contribution in [0.1, 0.15) is 13.3 Å². The average Bonchev–Trinajstić information content (AvgIpc) is 2.80. The number of benzene rings is 1. The second kappa shape index (κ2) is 7.11. The molecule has 1 aromatic heterocycles. The minimum atomic E-state index is 0. The van der Waals surface area contributed by atoms with Crippen LogP contribution in [0.3, 0.4) is 0 Å². The molecule has 2 aliphatic heterocycles. The number of para-hydroxylation sites is 2. The number of hydrogen-bond acceptors (Lipinski definition) is 5. The Balaban J connectivity index is 0.00000104. The molecule has 23 heavy (non-hydrogen) atoms. The fourth-order valence-corrected chi connectivity index (χ4v) is 3.93. The first-order chi connectivity index (χ1) is 10.7. The minimum Gasteiger partial charge on any atom is -1.00 e. The van der Waals surface area contributed by atoms with E-state index in [2.05, 4.69) is 59.4 Å². The third-order valence-corrected chi connectivity index (χ3v) is 5.24. The van der Waals surface area contributed by atoms with Gasteiger partial charge in [-0.2, -0.15) is 0 Å². The largest absolute Gasteiger partial charge is 2.00 e. The molecule has 0 unspecified atom stereocenters. The topological polar surface area (TPSA) is 30.9 Å². The Kier molecular flexibility index (Phi) is 5.33. The summed E-state index contributed by atoms with van der Waals surface area (Å²) in [7, 11) is 2.18. The van der Waals surface area contributed by atoms with Gasteiger partial charge in [-0.15, -0.1) is 11.3 Å². The predicted molar refractivity (Wildman–Crippen MR) is 102 cm³/mol. The first-order valence-electron chi connectivity index (χ1n) is 7.70. The van der Waals surface area contributed by atoms with Gasteiger partial charge in [0.1, 0.15) is 10.8 Å². The van der Waals surface area contributed by atoms with Crippen molar-refractivity contribution in [2.24, 2.45) is 4.99 Å². The zero-order valence-corrected chi connectivity index (χ0v) is 16.7. The van der Waals surface area contributed by atoms with E-state index in [4.69, 9.17) is 4.99 Å². The van der Waals surface area contributed by atoms with Crippen LogP contribution in [0.25, 0.3) is 0 Å². The molecule has 1 N–H and O–H groups in total. The van der Waals surface area contributed by atoms with Crippen molar-refractivity contribution in [2.75, 3.05) is 38.5 Å². The Morgan fingerprint density at radius 2 is 1.91 bits per heavy atom. The number of amidine groups is 1. The monoisotopic (exact) mass is 354 g/mol. The van der Waals surface area contributed by atoms with Crippen molar-refractivity contribution in [3.05, 3.63) is 40.8 Å². The van der Waals surface area contributed by atoms with Crippen LogP contribution in [-0.2, 0) is 0 Å². The minimum absolute atomic E-state index is 0. The summed E-state index contributed by atoms with van der Waals surface area (Å²) in [4.78, 5) is 11.1. The Morgan fingerprint density at radius 1 is 1.17 bits per heavy atom. The van der Waals surface area contributed by atoms with E-state index >= 15 is 0 Å². The number of piperazine rings is 1. The van der Waals surface area contributed by atoms with Gasteiger partial charge in [-0.3, -0.25) is 0 Å². The van der Waals surface area contributed by atoms with Crippen molar-refractivity contribution in [3.63, 3.8) is 0 Å². The van der Waals surface area contributed by atoms with E-state index in [-0.39, 0.29) is 40.6 Å². The molecule has 118 valence electrons. The van der Waals surface area contributed by atoms with Crippen LogP contribution in [0.2, 0.25) is 0 Å².